The maximum atomic E-state index is 12.8. The molecule has 0 radical (unpaired) electrons. The van der Waals surface area contributed by atoms with Gasteiger partial charge in [-0.15, -0.1) is 0 Å². The van der Waals surface area contributed by atoms with Crippen molar-refractivity contribution >= 4 is 11.6 Å². The highest BCUT2D eigenvalue weighted by atomic mass is 16.1. The van der Waals surface area contributed by atoms with Crippen molar-refractivity contribution in [1.29, 1.82) is 0 Å². The number of allylic oxidation sites excluding steroid dienone is 1. The van der Waals surface area contributed by atoms with E-state index in [1.54, 1.807) is 0 Å². The number of hydrogen-bond donors (Lipinski definition) is 0. The van der Waals surface area contributed by atoms with Crippen molar-refractivity contribution in [3.05, 3.63) is 11.6 Å². The van der Waals surface area contributed by atoms with E-state index in [0.717, 1.165) is 42.9 Å². The normalized spacial score (nSPS) is 61.7. The van der Waals surface area contributed by atoms with Gasteiger partial charge in [0, 0.05) is 17.8 Å². The summed E-state index contributed by atoms with van der Waals surface area (Å²) in [5.74, 6) is 5.78. The van der Waals surface area contributed by atoms with Crippen LogP contribution in [0.25, 0.3) is 0 Å². The number of carbonyl (C=O) groups excluding carboxylic acids is 2. The second-order valence-electron chi connectivity index (χ2n) is 10.0. The van der Waals surface area contributed by atoms with Gasteiger partial charge in [-0.05, 0) is 79.1 Å². The summed E-state index contributed by atoms with van der Waals surface area (Å²) in [4.78, 5) is 24.8. The molecular weight excluding hydrogens is 284 g/mol. The Morgan fingerprint density at radius 3 is 2.61 bits per heavy atom. The van der Waals surface area contributed by atoms with Crippen molar-refractivity contribution < 1.29 is 9.59 Å². The Bertz CT molecular complexity index is 690. The lowest BCUT2D eigenvalue weighted by atomic mass is 9.46. The van der Waals surface area contributed by atoms with Crippen molar-refractivity contribution in [2.75, 3.05) is 0 Å². The highest BCUT2D eigenvalue weighted by Gasteiger charge is 2.74. The Morgan fingerprint density at radius 2 is 1.78 bits per heavy atom. The van der Waals surface area contributed by atoms with Crippen molar-refractivity contribution in [2.45, 2.75) is 52.4 Å². The number of Topliss-reactive ketones (excluding diaryl/α,β-unsaturated/α-hetero) is 1. The topological polar surface area (TPSA) is 34.1 Å². The molecule has 0 amide bonds. The lowest BCUT2D eigenvalue weighted by Gasteiger charge is -2.57. The zero-order valence-corrected chi connectivity index (χ0v) is 14.2. The van der Waals surface area contributed by atoms with E-state index < -0.39 is 0 Å². The van der Waals surface area contributed by atoms with E-state index in [0.29, 0.717) is 29.3 Å². The molecule has 5 fully saturated rings. The number of carbonyl (C=O) groups is 2. The van der Waals surface area contributed by atoms with Gasteiger partial charge in [0.15, 0.2) is 5.78 Å². The summed E-state index contributed by atoms with van der Waals surface area (Å²) in [7, 11) is 0. The maximum Gasteiger partial charge on any atom is 0.155 e. The molecule has 0 bridgehead atoms. The van der Waals surface area contributed by atoms with Crippen LogP contribution in [0.3, 0.4) is 0 Å². The van der Waals surface area contributed by atoms with Crippen LogP contribution in [0.4, 0.5) is 0 Å². The van der Waals surface area contributed by atoms with Gasteiger partial charge >= 0.3 is 0 Å². The first-order valence-electron chi connectivity index (χ1n) is 9.74. The Hall–Kier alpha value is -0.920. The van der Waals surface area contributed by atoms with Crippen molar-refractivity contribution in [2.24, 2.45) is 52.3 Å². The van der Waals surface area contributed by atoms with Crippen LogP contribution in [0.1, 0.15) is 52.4 Å². The van der Waals surface area contributed by atoms with E-state index in [-0.39, 0.29) is 10.8 Å². The molecule has 0 saturated heterocycles. The fourth-order valence-corrected chi connectivity index (χ4v) is 8.04. The number of fused-ring (bicyclic) bond motifs is 10. The van der Waals surface area contributed by atoms with Gasteiger partial charge < -0.3 is 0 Å². The van der Waals surface area contributed by atoms with Crippen molar-refractivity contribution in [1.82, 2.24) is 0 Å². The van der Waals surface area contributed by atoms with Crippen molar-refractivity contribution in [3.63, 3.8) is 0 Å². The molecule has 2 heteroatoms. The standard InChI is InChI=1S/C21H26O2/c1-20-5-3-10(22)7-16(20)11-8-12(11)17-15(20)4-6-21(2)18(17)13-9-14(13)19(21)23/h7,11-15,17-18H,3-6,8-9H2,1-2H3/t11-,12+,13-,14+,15+,17-,18+,20-,21+/m1/s1. The molecule has 6 aliphatic carbocycles. The maximum absolute atomic E-state index is 12.8. The molecule has 0 unspecified atom stereocenters. The SMILES string of the molecule is C[C@]12CCC(=O)C=C1[C@@H]1C[C@@H]1[C@H]1[C@@H]3[C@@H]4C[C@@H]4C(=O)[C@@]3(C)CC[C@@H]12. The van der Waals surface area contributed by atoms with Crippen LogP contribution in [0.15, 0.2) is 11.6 Å². The van der Waals surface area contributed by atoms with Crippen molar-refractivity contribution in [3.8, 4) is 0 Å². The van der Waals surface area contributed by atoms with Gasteiger partial charge in [0.2, 0.25) is 0 Å². The number of ketones is 2. The first-order valence-corrected chi connectivity index (χ1v) is 9.74. The summed E-state index contributed by atoms with van der Waals surface area (Å²) < 4.78 is 0. The summed E-state index contributed by atoms with van der Waals surface area (Å²) >= 11 is 0. The Morgan fingerprint density at radius 1 is 1.00 bits per heavy atom. The summed E-state index contributed by atoms with van der Waals surface area (Å²) in [6.45, 7) is 4.76. The molecule has 122 valence electrons. The minimum Gasteiger partial charge on any atom is -0.299 e. The molecule has 9 atom stereocenters. The molecule has 23 heavy (non-hydrogen) atoms. The fraction of sp³-hybridized carbons (Fsp3) is 0.810. The first kappa shape index (κ1) is 13.4. The predicted octanol–water partition coefficient (Wildman–Crippen LogP) is 3.80. The third-order valence-electron chi connectivity index (χ3n) is 9.21. The third-order valence-corrected chi connectivity index (χ3v) is 9.21. The second-order valence-corrected chi connectivity index (χ2v) is 10.0. The van der Waals surface area contributed by atoms with E-state index in [2.05, 4.69) is 13.8 Å². The van der Waals surface area contributed by atoms with Crippen LogP contribution < -0.4 is 0 Å². The van der Waals surface area contributed by atoms with Gasteiger partial charge in [0.05, 0.1) is 0 Å². The largest absolute Gasteiger partial charge is 0.299 e. The van der Waals surface area contributed by atoms with E-state index in [4.69, 9.17) is 0 Å². The fourth-order valence-electron chi connectivity index (χ4n) is 8.04. The zero-order valence-electron chi connectivity index (χ0n) is 14.2. The van der Waals surface area contributed by atoms with Gasteiger partial charge in [0.25, 0.3) is 0 Å². The molecule has 0 aromatic carbocycles. The molecule has 6 aliphatic rings. The molecule has 0 aromatic rings. The Kier molecular flexibility index (Phi) is 2.14. The smallest absolute Gasteiger partial charge is 0.155 e. The molecule has 0 heterocycles. The lowest BCUT2D eigenvalue weighted by molar-refractivity contribution is -0.137. The number of hydrogen-bond acceptors (Lipinski definition) is 2. The average Bonchev–Trinajstić information content (AvgIpc) is 3.40. The molecule has 0 aromatic heterocycles. The Labute approximate surface area is 138 Å². The summed E-state index contributed by atoms with van der Waals surface area (Å²) in [6.07, 6.45) is 8.66. The second kappa shape index (κ2) is 3.68. The van der Waals surface area contributed by atoms with Crippen LogP contribution in [0.5, 0.6) is 0 Å². The Balaban J connectivity index is 1.47. The molecule has 0 N–H and O–H groups in total. The molecule has 6 rings (SSSR count). The third kappa shape index (κ3) is 1.36. The minimum atomic E-state index is 0.00392. The zero-order chi connectivity index (χ0) is 15.7. The van der Waals surface area contributed by atoms with E-state index in [1.807, 2.05) is 6.08 Å². The molecule has 2 nitrogen and oxygen atoms in total. The highest BCUT2D eigenvalue weighted by Crippen LogP contribution is 2.77. The van der Waals surface area contributed by atoms with Gasteiger partial charge in [-0.25, -0.2) is 0 Å². The van der Waals surface area contributed by atoms with Gasteiger partial charge in [0.1, 0.15) is 5.78 Å². The predicted molar refractivity (Wildman–Crippen MR) is 86.4 cm³/mol. The summed E-state index contributed by atoms with van der Waals surface area (Å²) in [6, 6.07) is 0. The lowest BCUT2D eigenvalue weighted by Crippen LogP contribution is -2.52. The van der Waals surface area contributed by atoms with Crippen LogP contribution in [-0.2, 0) is 9.59 Å². The summed E-state index contributed by atoms with van der Waals surface area (Å²) in [5, 5.41) is 0. The van der Waals surface area contributed by atoms with Crippen LogP contribution >= 0.6 is 0 Å². The van der Waals surface area contributed by atoms with E-state index >= 15 is 0 Å². The van der Waals surface area contributed by atoms with Gasteiger partial charge in [-0.2, -0.15) is 0 Å². The summed E-state index contributed by atoms with van der Waals surface area (Å²) in [5.41, 5.74) is 1.78. The first-order chi connectivity index (χ1) is 10.9. The highest BCUT2D eigenvalue weighted by molar-refractivity contribution is 5.93. The van der Waals surface area contributed by atoms with E-state index in [1.165, 1.54) is 24.8 Å². The molecular formula is C21H26O2. The quantitative estimate of drug-likeness (QED) is 0.682. The van der Waals surface area contributed by atoms with Crippen LogP contribution in [-0.4, -0.2) is 11.6 Å². The molecule has 0 aliphatic heterocycles. The van der Waals surface area contributed by atoms with E-state index in [9.17, 15) is 9.59 Å². The van der Waals surface area contributed by atoms with Crippen LogP contribution in [0.2, 0.25) is 0 Å². The minimum absolute atomic E-state index is 0.00392. The van der Waals surface area contributed by atoms with Crippen LogP contribution in [0, 0.1) is 52.3 Å². The van der Waals surface area contributed by atoms with Gasteiger partial charge in [-0.1, -0.05) is 19.4 Å². The number of rotatable bonds is 0. The van der Waals surface area contributed by atoms with Gasteiger partial charge in [-0.3, -0.25) is 9.59 Å². The molecule has 5 saturated carbocycles. The monoisotopic (exact) mass is 310 g/mol. The molecule has 0 spiro atoms. The average molecular weight is 310 g/mol.